The number of aryl methyl sites for hydroxylation is 1. The summed E-state index contributed by atoms with van der Waals surface area (Å²) < 4.78 is 1.91. The molecule has 1 saturated heterocycles. The minimum atomic E-state index is -0.494. The number of nitrogens with one attached hydrogen (secondary N) is 1. The second kappa shape index (κ2) is 5.11. The zero-order valence-electron chi connectivity index (χ0n) is 12.2. The minimum Gasteiger partial charge on any atom is -0.351 e. The van der Waals surface area contributed by atoms with E-state index in [-0.39, 0.29) is 24.2 Å². The van der Waals surface area contributed by atoms with Crippen molar-refractivity contribution in [2.45, 2.75) is 20.8 Å². The number of urea groups is 1. The van der Waals surface area contributed by atoms with Crippen molar-refractivity contribution in [2.24, 2.45) is 13.0 Å². The fourth-order valence-electron chi connectivity index (χ4n) is 2.31. The van der Waals surface area contributed by atoms with Gasteiger partial charge in [0.1, 0.15) is 0 Å². The van der Waals surface area contributed by atoms with Crippen molar-refractivity contribution in [3.63, 3.8) is 0 Å². The number of carbonyl (C=O) groups is 3. The Morgan fingerprint density at radius 1 is 1.40 bits per heavy atom. The van der Waals surface area contributed by atoms with Gasteiger partial charge in [-0.05, 0) is 19.9 Å². The Morgan fingerprint density at radius 3 is 2.60 bits per heavy atom. The normalized spacial score (nSPS) is 19.2. The molecule has 0 unspecified atom stereocenters. The molecular weight excluding hydrogens is 258 g/mol. The summed E-state index contributed by atoms with van der Waals surface area (Å²) in [6, 6.07) is 1.29. The van der Waals surface area contributed by atoms with Gasteiger partial charge >= 0.3 is 6.03 Å². The van der Waals surface area contributed by atoms with Gasteiger partial charge in [0.05, 0.1) is 12.5 Å². The first-order valence-corrected chi connectivity index (χ1v) is 6.58. The van der Waals surface area contributed by atoms with E-state index in [0.717, 1.165) is 16.3 Å². The molecule has 1 aromatic heterocycles. The number of hydrogen-bond donors (Lipinski definition) is 1. The summed E-state index contributed by atoms with van der Waals surface area (Å²) in [5, 5.41) is 2.61. The van der Waals surface area contributed by atoms with E-state index >= 15 is 0 Å². The fourth-order valence-corrected chi connectivity index (χ4v) is 2.31. The van der Waals surface area contributed by atoms with Crippen LogP contribution < -0.4 is 5.32 Å². The predicted octanol–water partition coefficient (Wildman–Crippen LogP) is 1.01. The Hall–Kier alpha value is -2.11. The van der Waals surface area contributed by atoms with Gasteiger partial charge in [0.25, 0.3) is 0 Å². The highest BCUT2D eigenvalue weighted by molar-refractivity contribution is 6.06. The summed E-state index contributed by atoms with van der Waals surface area (Å²) in [6.07, 6.45) is 0. The molecule has 0 saturated carbocycles. The average molecular weight is 277 g/mol. The van der Waals surface area contributed by atoms with Crippen molar-refractivity contribution in [3.05, 3.63) is 23.0 Å². The van der Waals surface area contributed by atoms with Crippen LogP contribution in [0, 0.1) is 19.8 Å². The summed E-state index contributed by atoms with van der Waals surface area (Å²) >= 11 is 0. The molecule has 1 fully saturated rings. The summed E-state index contributed by atoms with van der Waals surface area (Å²) in [7, 11) is 1.88. The number of ketones is 1. The third kappa shape index (κ3) is 2.33. The lowest BCUT2D eigenvalue weighted by Gasteiger charge is -2.29. The fraction of sp³-hybridized carbons (Fsp3) is 0.500. The van der Waals surface area contributed by atoms with Gasteiger partial charge in [0.2, 0.25) is 5.91 Å². The zero-order valence-corrected chi connectivity index (χ0v) is 12.2. The van der Waals surface area contributed by atoms with Crippen LogP contribution in [0.1, 0.15) is 28.7 Å². The van der Waals surface area contributed by atoms with Gasteiger partial charge in [0, 0.05) is 30.5 Å². The molecule has 20 heavy (non-hydrogen) atoms. The molecule has 0 bridgehead atoms. The number of amides is 3. The number of carbonyl (C=O) groups excluding carboxylic acids is 3. The molecule has 6 nitrogen and oxygen atoms in total. The Morgan fingerprint density at radius 2 is 2.05 bits per heavy atom. The highest BCUT2D eigenvalue weighted by Gasteiger charge is 2.33. The standard InChI is InChI=1S/C14H19N3O3/c1-8-6-15-14(20)17(13(8)19)7-12(18)11-5-9(2)16(4)10(11)3/h5,8H,6-7H2,1-4H3,(H,15,20)/t8-/m0/s1. The van der Waals surface area contributed by atoms with Crippen LogP contribution in [0.15, 0.2) is 6.07 Å². The number of imide groups is 1. The van der Waals surface area contributed by atoms with E-state index < -0.39 is 6.03 Å². The molecule has 1 N–H and O–H groups in total. The summed E-state index contributed by atoms with van der Waals surface area (Å²) in [5.41, 5.74) is 2.36. The minimum absolute atomic E-state index is 0.209. The maximum atomic E-state index is 12.3. The Kier molecular flexibility index (Phi) is 3.65. The Balaban J connectivity index is 2.20. The monoisotopic (exact) mass is 277 g/mol. The third-order valence-corrected chi connectivity index (χ3v) is 3.87. The van der Waals surface area contributed by atoms with E-state index in [0.29, 0.717) is 12.1 Å². The molecular formula is C14H19N3O3. The summed E-state index contributed by atoms with van der Waals surface area (Å²) in [6.45, 7) is 5.61. The lowest BCUT2D eigenvalue weighted by atomic mass is 10.1. The first-order valence-electron chi connectivity index (χ1n) is 6.58. The highest BCUT2D eigenvalue weighted by Crippen LogP contribution is 2.16. The van der Waals surface area contributed by atoms with Gasteiger partial charge in [-0.3, -0.25) is 14.5 Å². The number of hydrogen-bond acceptors (Lipinski definition) is 3. The number of rotatable bonds is 3. The van der Waals surface area contributed by atoms with E-state index in [1.54, 1.807) is 13.0 Å². The van der Waals surface area contributed by atoms with Gasteiger partial charge in [-0.25, -0.2) is 4.79 Å². The topological polar surface area (TPSA) is 71.4 Å². The maximum Gasteiger partial charge on any atom is 0.324 e. The van der Waals surface area contributed by atoms with Crippen molar-refractivity contribution in [1.82, 2.24) is 14.8 Å². The predicted molar refractivity (Wildman–Crippen MR) is 73.5 cm³/mol. The van der Waals surface area contributed by atoms with Crippen LogP contribution in [-0.2, 0) is 11.8 Å². The average Bonchev–Trinajstić information content (AvgIpc) is 2.67. The van der Waals surface area contributed by atoms with Crippen molar-refractivity contribution in [2.75, 3.05) is 13.1 Å². The molecule has 3 amide bonds. The van der Waals surface area contributed by atoms with Crippen LogP contribution in [-0.4, -0.2) is 40.3 Å². The lowest BCUT2D eigenvalue weighted by molar-refractivity contribution is -0.132. The van der Waals surface area contributed by atoms with Crippen LogP contribution in [0.3, 0.4) is 0 Å². The van der Waals surface area contributed by atoms with E-state index in [4.69, 9.17) is 0 Å². The van der Waals surface area contributed by atoms with Gasteiger partial charge in [-0.1, -0.05) is 6.92 Å². The van der Waals surface area contributed by atoms with Crippen LogP contribution in [0.25, 0.3) is 0 Å². The molecule has 1 aliphatic heterocycles. The second-order valence-corrected chi connectivity index (χ2v) is 5.28. The molecule has 6 heteroatoms. The Labute approximate surface area is 117 Å². The number of aromatic nitrogens is 1. The third-order valence-electron chi connectivity index (χ3n) is 3.87. The van der Waals surface area contributed by atoms with Gasteiger partial charge in [-0.15, -0.1) is 0 Å². The van der Waals surface area contributed by atoms with Crippen molar-refractivity contribution in [1.29, 1.82) is 0 Å². The summed E-state index contributed by atoms with van der Waals surface area (Å²) in [5.74, 6) is -0.810. The molecule has 0 aliphatic carbocycles. The second-order valence-electron chi connectivity index (χ2n) is 5.28. The number of Topliss-reactive ketones (excluding diaryl/α,β-unsaturated/α-hetero) is 1. The van der Waals surface area contributed by atoms with Crippen molar-refractivity contribution >= 4 is 17.7 Å². The quantitative estimate of drug-likeness (QED) is 0.838. The zero-order chi connectivity index (χ0) is 15.0. The number of nitrogens with zero attached hydrogens (tertiary/aromatic N) is 2. The van der Waals surface area contributed by atoms with Crippen LogP contribution in [0.4, 0.5) is 4.79 Å². The van der Waals surface area contributed by atoms with Gasteiger partial charge in [0.15, 0.2) is 5.78 Å². The van der Waals surface area contributed by atoms with Crippen LogP contribution >= 0.6 is 0 Å². The molecule has 2 rings (SSSR count). The lowest BCUT2D eigenvalue weighted by Crippen LogP contribution is -2.55. The van der Waals surface area contributed by atoms with Gasteiger partial charge in [-0.2, -0.15) is 0 Å². The summed E-state index contributed by atoms with van der Waals surface area (Å²) in [4.78, 5) is 37.0. The van der Waals surface area contributed by atoms with Crippen molar-refractivity contribution < 1.29 is 14.4 Å². The molecule has 1 atom stereocenters. The first kappa shape index (κ1) is 14.3. The molecule has 0 spiro atoms. The Bertz CT molecular complexity index is 589. The highest BCUT2D eigenvalue weighted by atomic mass is 16.2. The van der Waals surface area contributed by atoms with Crippen molar-refractivity contribution in [3.8, 4) is 0 Å². The van der Waals surface area contributed by atoms with E-state index in [1.807, 2.05) is 25.5 Å². The first-order chi connectivity index (χ1) is 9.32. The van der Waals surface area contributed by atoms with Crippen LogP contribution in [0.5, 0.6) is 0 Å². The smallest absolute Gasteiger partial charge is 0.324 e. The van der Waals surface area contributed by atoms with Gasteiger partial charge < -0.3 is 9.88 Å². The molecule has 0 radical (unpaired) electrons. The molecule has 1 aromatic rings. The van der Waals surface area contributed by atoms with E-state index in [1.165, 1.54) is 0 Å². The molecule has 1 aliphatic rings. The van der Waals surface area contributed by atoms with E-state index in [9.17, 15) is 14.4 Å². The molecule has 2 heterocycles. The maximum absolute atomic E-state index is 12.3. The molecule has 108 valence electrons. The van der Waals surface area contributed by atoms with E-state index in [2.05, 4.69) is 5.32 Å². The molecule has 0 aromatic carbocycles. The van der Waals surface area contributed by atoms with Crippen LogP contribution in [0.2, 0.25) is 0 Å². The SMILES string of the molecule is Cc1cc(C(=O)CN2C(=O)NC[C@H](C)C2=O)c(C)n1C. The largest absolute Gasteiger partial charge is 0.351 e.